The minimum Gasteiger partial charge on any atom is -0.480 e. The number of hydrogen-bond donors (Lipinski definition) is 3. The summed E-state index contributed by atoms with van der Waals surface area (Å²) in [4.78, 5) is 25.1. The summed E-state index contributed by atoms with van der Waals surface area (Å²) < 4.78 is 4.80. The molecule has 0 aliphatic heterocycles. The third-order valence-electron chi connectivity index (χ3n) is 2.47. The van der Waals surface area contributed by atoms with Crippen LogP contribution in [-0.2, 0) is 9.59 Å². The number of carbonyl (C=O) groups excluding carboxylic acids is 1. The highest BCUT2D eigenvalue weighted by Crippen LogP contribution is 2.15. The molecule has 2 atom stereocenters. The minimum absolute atomic E-state index is 0.278. The molecule has 2 rings (SSSR count). The molecule has 23 heavy (non-hydrogen) atoms. The second-order valence-electron chi connectivity index (χ2n) is 4.56. The molecule has 2 aromatic rings. The van der Waals surface area contributed by atoms with Crippen molar-refractivity contribution >= 4 is 28.3 Å². The number of ether oxygens (including phenoxy) is 1. The highest BCUT2D eigenvalue weighted by atomic mass is 32.1. The van der Waals surface area contributed by atoms with Crippen molar-refractivity contribution < 1.29 is 19.4 Å². The molecule has 8 heteroatoms. The Bertz CT molecular complexity index is 602. The number of carboxylic acids is 1. The van der Waals surface area contributed by atoms with E-state index >= 15 is 0 Å². The van der Waals surface area contributed by atoms with E-state index in [4.69, 9.17) is 15.6 Å². The molecule has 0 aliphatic carbocycles. The van der Waals surface area contributed by atoms with Crippen LogP contribution in [0.5, 0.6) is 5.88 Å². The second kappa shape index (κ2) is 9.54. The highest BCUT2D eigenvalue weighted by Gasteiger charge is 2.10. The number of thiophene rings is 1. The number of pyridine rings is 1. The van der Waals surface area contributed by atoms with Gasteiger partial charge >= 0.3 is 11.9 Å². The number of aliphatic carboxylic acids is 1. The number of carboxylic acid groups (broad SMARTS) is 1. The predicted octanol–water partition coefficient (Wildman–Crippen LogP) is 1.97. The van der Waals surface area contributed by atoms with Crippen LogP contribution in [0.15, 0.2) is 41.9 Å². The lowest BCUT2D eigenvalue weighted by molar-refractivity contribution is -0.137. The van der Waals surface area contributed by atoms with E-state index in [0.717, 1.165) is 5.00 Å². The predicted molar refractivity (Wildman–Crippen MR) is 88.6 cm³/mol. The number of aromatic nitrogens is 1. The molecular weight excluding hydrogens is 318 g/mol. The van der Waals surface area contributed by atoms with Gasteiger partial charge in [-0.3, -0.25) is 4.79 Å². The Labute approximate surface area is 138 Å². The SMILES string of the molecule is C[C@H](N)C(=O)Oc1ccccn1.C[C@H](Nc1cccs1)C(=O)O. The normalized spacial score (nSPS) is 12.3. The van der Waals surface area contributed by atoms with Crippen LogP contribution in [0.3, 0.4) is 0 Å². The zero-order chi connectivity index (χ0) is 17.2. The summed E-state index contributed by atoms with van der Waals surface area (Å²) in [6, 6.07) is 7.66. The van der Waals surface area contributed by atoms with Crippen molar-refractivity contribution in [1.29, 1.82) is 0 Å². The molecule has 0 bridgehead atoms. The van der Waals surface area contributed by atoms with Crippen molar-refractivity contribution in [1.82, 2.24) is 4.98 Å². The molecule has 0 aliphatic rings. The number of rotatable bonds is 5. The van der Waals surface area contributed by atoms with Gasteiger partial charge in [-0.05, 0) is 37.4 Å². The molecule has 0 saturated heterocycles. The van der Waals surface area contributed by atoms with Gasteiger partial charge in [0.05, 0.1) is 5.00 Å². The van der Waals surface area contributed by atoms with Crippen LogP contribution in [-0.4, -0.2) is 34.1 Å². The number of nitrogens with zero attached hydrogens (tertiary/aromatic N) is 1. The number of nitrogens with two attached hydrogens (primary N) is 1. The zero-order valence-electron chi connectivity index (χ0n) is 12.8. The van der Waals surface area contributed by atoms with Crippen molar-refractivity contribution in [2.75, 3.05) is 5.32 Å². The van der Waals surface area contributed by atoms with Gasteiger partial charge < -0.3 is 20.9 Å². The molecule has 0 unspecified atom stereocenters. The first kappa shape index (κ1) is 18.6. The molecule has 0 aromatic carbocycles. The number of nitrogens with one attached hydrogen (secondary N) is 1. The summed E-state index contributed by atoms with van der Waals surface area (Å²) in [6.45, 7) is 3.17. The molecule has 4 N–H and O–H groups in total. The highest BCUT2D eigenvalue weighted by molar-refractivity contribution is 7.14. The number of carbonyl (C=O) groups is 2. The van der Waals surface area contributed by atoms with Crippen LogP contribution in [0, 0.1) is 0 Å². The monoisotopic (exact) mass is 337 g/mol. The van der Waals surface area contributed by atoms with E-state index in [9.17, 15) is 9.59 Å². The summed E-state index contributed by atoms with van der Waals surface area (Å²) in [5.41, 5.74) is 5.28. The van der Waals surface area contributed by atoms with Crippen molar-refractivity contribution in [3.63, 3.8) is 0 Å². The number of esters is 1. The van der Waals surface area contributed by atoms with E-state index in [1.807, 2.05) is 17.5 Å². The van der Waals surface area contributed by atoms with E-state index < -0.39 is 24.0 Å². The van der Waals surface area contributed by atoms with Crippen LogP contribution < -0.4 is 15.8 Å². The van der Waals surface area contributed by atoms with Crippen LogP contribution in [0.2, 0.25) is 0 Å². The zero-order valence-corrected chi connectivity index (χ0v) is 13.6. The average Bonchev–Trinajstić information content (AvgIpc) is 3.01. The van der Waals surface area contributed by atoms with Gasteiger partial charge in [0.2, 0.25) is 5.88 Å². The molecule has 0 spiro atoms. The van der Waals surface area contributed by atoms with Crippen molar-refractivity contribution in [3.05, 3.63) is 41.9 Å². The first-order valence-electron chi connectivity index (χ1n) is 6.81. The fourth-order valence-corrected chi connectivity index (χ4v) is 1.94. The number of anilines is 1. The first-order chi connectivity index (χ1) is 10.9. The largest absolute Gasteiger partial charge is 0.480 e. The topological polar surface area (TPSA) is 115 Å². The summed E-state index contributed by atoms with van der Waals surface area (Å²) in [7, 11) is 0. The standard InChI is InChI=1S/C8H10N2O2.C7H9NO2S/c1-6(9)8(11)12-7-4-2-3-5-10-7;1-5(7(9)10)8-6-3-2-4-11-6/h2-6H,9H2,1H3;2-5,8H,1H3,(H,9,10)/t6-;5-/m00/s1. The van der Waals surface area contributed by atoms with Crippen molar-refractivity contribution in [2.24, 2.45) is 5.73 Å². The third-order valence-corrected chi connectivity index (χ3v) is 3.27. The van der Waals surface area contributed by atoms with Crippen LogP contribution in [0.4, 0.5) is 5.00 Å². The van der Waals surface area contributed by atoms with Gasteiger partial charge in [0.1, 0.15) is 12.1 Å². The summed E-state index contributed by atoms with van der Waals surface area (Å²) in [5, 5.41) is 14.2. The van der Waals surface area contributed by atoms with Gasteiger partial charge in [-0.1, -0.05) is 6.07 Å². The van der Waals surface area contributed by atoms with Gasteiger partial charge in [0, 0.05) is 12.3 Å². The smallest absolute Gasteiger partial charge is 0.329 e. The molecule has 7 nitrogen and oxygen atoms in total. The van der Waals surface area contributed by atoms with E-state index in [1.54, 1.807) is 38.2 Å². The third kappa shape index (κ3) is 7.39. The van der Waals surface area contributed by atoms with Gasteiger partial charge in [-0.15, -0.1) is 11.3 Å². The summed E-state index contributed by atoms with van der Waals surface area (Å²) >= 11 is 1.49. The fraction of sp³-hybridized carbons (Fsp3) is 0.267. The molecule has 2 heterocycles. The Morgan fingerprint density at radius 1 is 1.30 bits per heavy atom. The maximum Gasteiger partial charge on any atom is 0.329 e. The first-order valence-corrected chi connectivity index (χ1v) is 7.69. The van der Waals surface area contributed by atoms with Crippen LogP contribution >= 0.6 is 11.3 Å². The lowest BCUT2D eigenvalue weighted by atomic mass is 10.3. The van der Waals surface area contributed by atoms with Crippen LogP contribution in [0.25, 0.3) is 0 Å². The molecular formula is C15H19N3O4S. The van der Waals surface area contributed by atoms with E-state index in [0.29, 0.717) is 0 Å². The molecule has 124 valence electrons. The lowest BCUT2D eigenvalue weighted by Gasteiger charge is -2.06. The minimum atomic E-state index is -0.835. The lowest BCUT2D eigenvalue weighted by Crippen LogP contribution is -2.31. The summed E-state index contributed by atoms with van der Waals surface area (Å²) in [5.74, 6) is -1.04. The summed E-state index contributed by atoms with van der Waals surface area (Å²) in [6.07, 6.45) is 1.55. The van der Waals surface area contributed by atoms with Gasteiger partial charge in [0.15, 0.2) is 0 Å². The number of hydrogen-bond acceptors (Lipinski definition) is 7. The van der Waals surface area contributed by atoms with Gasteiger partial charge in [-0.25, -0.2) is 9.78 Å². The Morgan fingerprint density at radius 2 is 2.04 bits per heavy atom. The second-order valence-corrected chi connectivity index (χ2v) is 5.51. The molecule has 0 radical (unpaired) electrons. The molecule has 0 fully saturated rings. The Kier molecular flexibility index (Phi) is 7.72. The quantitative estimate of drug-likeness (QED) is 0.714. The van der Waals surface area contributed by atoms with Gasteiger partial charge in [-0.2, -0.15) is 0 Å². The molecule has 0 saturated carbocycles. The van der Waals surface area contributed by atoms with Crippen LogP contribution in [0.1, 0.15) is 13.8 Å². The average molecular weight is 337 g/mol. The Morgan fingerprint density at radius 3 is 2.52 bits per heavy atom. The molecule has 2 aromatic heterocycles. The van der Waals surface area contributed by atoms with Crippen molar-refractivity contribution in [2.45, 2.75) is 25.9 Å². The van der Waals surface area contributed by atoms with Crippen molar-refractivity contribution in [3.8, 4) is 5.88 Å². The van der Waals surface area contributed by atoms with E-state index in [-0.39, 0.29) is 5.88 Å². The molecule has 0 amide bonds. The van der Waals surface area contributed by atoms with E-state index in [1.165, 1.54) is 11.3 Å². The Balaban J connectivity index is 0.000000231. The van der Waals surface area contributed by atoms with E-state index in [2.05, 4.69) is 10.3 Å². The maximum atomic E-state index is 10.9. The Hall–Kier alpha value is -2.45. The maximum absolute atomic E-state index is 10.9. The fourth-order valence-electron chi connectivity index (χ4n) is 1.24. The van der Waals surface area contributed by atoms with Gasteiger partial charge in [0.25, 0.3) is 0 Å².